The van der Waals surface area contributed by atoms with Gasteiger partial charge >= 0.3 is 5.97 Å². The van der Waals surface area contributed by atoms with Gasteiger partial charge in [0.15, 0.2) is 0 Å². The van der Waals surface area contributed by atoms with Crippen LogP contribution in [0.5, 0.6) is 0 Å². The smallest absolute Gasteiger partial charge is 0.305 e. The van der Waals surface area contributed by atoms with Crippen LogP contribution in [0.1, 0.15) is 32.1 Å². The number of nitrogens with two attached hydrogens (primary N) is 1. The monoisotopic (exact) mass is 290 g/mol. The summed E-state index contributed by atoms with van der Waals surface area (Å²) in [6, 6.07) is 0. The molecule has 0 aromatic carbocycles. The normalized spacial score (nSPS) is 9.95. The first-order chi connectivity index (χ1) is 9.06. The van der Waals surface area contributed by atoms with Crippen LogP contribution in [0.4, 0.5) is 0 Å². The minimum Gasteiger partial charge on any atom is -0.469 e. The zero-order valence-corrected chi connectivity index (χ0v) is 12.1. The number of rotatable bonds is 11. The van der Waals surface area contributed by atoms with Crippen molar-refractivity contribution < 1.29 is 19.1 Å². The first-order valence-electron chi connectivity index (χ1n) is 6.25. The van der Waals surface area contributed by atoms with E-state index in [0.717, 1.165) is 19.3 Å². The molecule has 0 atom stereocenters. The van der Waals surface area contributed by atoms with Crippen molar-refractivity contribution in [1.29, 1.82) is 0 Å². The van der Waals surface area contributed by atoms with E-state index in [1.807, 2.05) is 0 Å². The molecule has 2 amide bonds. The molecule has 0 saturated heterocycles. The van der Waals surface area contributed by atoms with Gasteiger partial charge in [-0.1, -0.05) is 6.42 Å². The molecule has 0 rings (SSSR count). The predicted octanol–water partition coefficient (Wildman–Crippen LogP) is 0.445. The Hall–Kier alpha value is -1.24. The third kappa shape index (κ3) is 13.0. The number of primary amides is 1. The lowest BCUT2D eigenvalue weighted by atomic mass is 10.2. The molecular formula is C12H22N2O4S. The Morgan fingerprint density at radius 1 is 1.16 bits per heavy atom. The molecule has 0 fully saturated rings. The van der Waals surface area contributed by atoms with E-state index in [1.54, 1.807) is 0 Å². The molecular weight excluding hydrogens is 268 g/mol. The van der Waals surface area contributed by atoms with Gasteiger partial charge in [-0.2, -0.15) is 11.8 Å². The summed E-state index contributed by atoms with van der Waals surface area (Å²) in [5, 5.41) is 2.79. The molecule has 0 aliphatic rings. The van der Waals surface area contributed by atoms with Gasteiger partial charge in [0.2, 0.25) is 11.8 Å². The molecule has 3 N–H and O–H groups in total. The summed E-state index contributed by atoms with van der Waals surface area (Å²) in [6.07, 6.45) is 3.31. The van der Waals surface area contributed by atoms with E-state index in [9.17, 15) is 14.4 Å². The first-order valence-corrected chi connectivity index (χ1v) is 7.41. The van der Waals surface area contributed by atoms with Gasteiger partial charge < -0.3 is 15.8 Å². The number of hydrogen-bond donors (Lipinski definition) is 2. The summed E-state index contributed by atoms with van der Waals surface area (Å²) in [7, 11) is 1.37. The van der Waals surface area contributed by atoms with Crippen molar-refractivity contribution in [3.05, 3.63) is 0 Å². The second-order valence-electron chi connectivity index (χ2n) is 4.01. The average molecular weight is 290 g/mol. The van der Waals surface area contributed by atoms with Crippen molar-refractivity contribution in [3.8, 4) is 0 Å². The lowest BCUT2D eigenvalue weighted by molar-refractivity contribution is -0.140. The Labute approximate surface area is 117 Å². The Balaban J connectivity index is 3.29. The van der Waals surface area contributed by atoms with Crippen molar-refractivity contribution in [3.63, 3.8) is 0 Å². The molecule has 6 nitrogen and oxygen atoms in total. The molecule has 0 saturated carbocycles. The fourth-order valence-electron chi connectivity index (χ4n) is 1.33. The Morgan fingerprint density at radius 3 is 2.53 bits per heavy atom. The van der Waals surface area contributed by atoms with E-state index >= 15 is 0 Å². The predicted molar refractivity (Wildman–Crippen MR) is 74.6 cm³/mol. The molecule has 110 valence electrons. The summed E-state index contributed by atoms with van der Waals surface area (Å²) in [6.45, 7) is 0.612. The number of ether oxygens (including phenoxy) is 1. The molecule has 7 heteroatoms. The van der Waals surface area contributed by atoms with Crippen molar-refractivity contribution in [1.82, 2.24) is 5.32 Å². The number of carbonyl (C=O) groups is 3. The van der Waals surface area contributed by atoms with Gasteiger partial charge in [0.1, 0.15) is 0 Å². The molecule has 0 unspecified atom stereocenters. The van der Waals surface area contributed by atoms with Crippen molar-refractivity contribution in [2.24, 2.45) is 5.73 Å². The molecule has 0 spiro atoms. The summed E-state index contributed by atoms with van der Waals surface area (Å²) in [5.74, 6) is 0.259. The molecule has 19 heavy (non-hydrogen) atoms. The zero-order chi connectivity index (χ0) is 14.5. The molecule has 0 aromatic rings. The number of unbranched alkanes of at least 4 members (excludes halogenated alkanes) is 2. The topological polar surface area (TPSA) is 98.5 Å². The number of carbonyl (C=O) groups excluding carboxylic acids is 3. The summed E-state index contributed by atoms with van der Waals surface area (Å²) in [4.78, 5) is 32.6. The highest BCUT2D eigenvalue weighted by Gasteiger charge is 2.02. The molecule has 0 bridgehead atoms. The Morgan fingerprint density at radius 2 is 1.89 bits per heavy atom. The maximum absolute atomic E-state index is 11.4. The first kappa shape index (κ1) is 17.8. The van der Waals surface area contributed by atoms with Crippen LogP contribution in [0.25, 0.3) is 0 Å². The lowest BCUT2D eigenvalue weighted by Gasteiger charge is -2.04. The molecule has 0 aliphatic carbocycles. The highest BCUT2D eigenvalue weighted by molar-refractivity contribution is 7.99. The van der Waals surface area contributed by atoms with Crippen molar-refractivity contribution in [2.75, 3.05) is 25.2 Å². The summed E-state index contributed by atoms with van der Waals surface area (Å²) >= 11 is 1.36. The molecule has 0 radical (unpaired) electrons. The minimum atomic E-state index is -0.365. The fraction of sp³-hybridized carbons (Fsp3) is 0.750. The average Bonchev–Trinajstić information content (AvgIpc) is 2.38. The van der Waals surface area contributed by atoms with Crippen LogP contribution in [0, 0.1) is 0 Å². The molecule has 0 aliphatic heterocycles. The second-order valence-corrected chi connectivity index (χ2v) is 5.11. The van der Waals surface area contributed by atoms with Crippen LogP contribution in [0.3, 0.4) is 0 Å². The lowest BCUT2D eigenvalue weighted by Crippen LogP contribution is -2.25. The Kier molecular flexibility index (Phi) is 11.1. The SMILES string of the molecule is COC(=O)CCCCCNC(=O)CCSCC(N)=O. The van der Waals surface area contributed by atoms with Crippen LogP contribution >= 0.6 is 11.8 Å². The van der Waals surface area contributed by atoms with Crippen LogP contribution in [-0.4, -0.2) is 42.9 Å². The van der Waals surface area contributed by atoms with E-state index in [-0.39, 0.29) is 23.5 Å². The zero-order valence-electron chi connectivity index (χ0n) is 11.3. The standard InChI is InChI=1S/C12H22N2O4S/c1-18-12(17)5-3-2-4-7-14-11(16)6-8-19-9-10(13)15/h2-9H2,1H3,(H2,13,15)(H,14,16). The van der Waals surface area contributed by atoms with E-state index in [1.165, 1.54) is 18.9 Å². The van der Waals surface area contributed by atoms with Crippen molar-refractivity contribution >= 4 is 29.5 Å². The number of methoxy groups -OCH3 is 1. The number of esters is 1. The third-order valence-electron chi connectivity index (χ3n) is 2.33. The third-order valence-corrected chi connectivity index (χ3v) is 3.31. The van der Waals surface area contributed by atoms with E-state index in [2.05, 4.69) is 10.1 Å². The van der Waals surface area contributed by atoms with Gasteiger partial charge in [0, 0.05) is 25.1 Å². The quantitative estimate of drug-likeness (QED) is 0.425. The van der Waals surface area contributed by atoms with Crippen LogP contribution < -0.4 is 11.1 Å². The van der Waals surface area contributed by atoms with Gasteiger partial charge in [-0.25, -0.2) is 0 Å². The number of thioether (sulfide) groups is 1. The van der Waals surface area contributed by atoms with Gasteiger partial charge in [-0.15, -0.1) is 0 Å². The highest BCUT2D eigenvalue weighted by Crippen LogP contribution is 2.02. The minimum absolute atomic E-state index is 0.0232. The highest BCUT2D eigenvalue weighted by atomic mass is 32.2. The summed E-state index contributed by atoms with van der Waals surface area (Å²) in [5.41, 5.74) is 4.97. The Bertz CT molecular complexity index is 297. The van der Waals surface area contributed by atoms with E-state index in [0.29, 0.717) is 25.1 Å². The van der Waals surface area contributed by atoms with Crippen LogP contribution in [-0.2, 0) is 19.1 Å². The number of hydrogen-bond acceptors (Lipinski definition) is 5. The van der Waals surface area contributed by atoms with Gasteiger partial charge in [0.05, 0.1) is 12.9 Å². The number of amides is 2. The number of nitrogens with one attached hydrogen (secondary N) is 1. The van der Waals surface area contributed by atoms with Gasteiger partial charge in [0.25, 0.3) is 0 Å². The van der Waals surface area contributed by atoms with Crippen molar-refractivity contribution in [2.45, 2.75) is 32.1 Å². The second kappa shape index (κ2) is 11.8. The maximum atomic E-state index is 11.4. The van der Waals surface area contributed by atoms with Crippen LogP contribution in [0.15, 0.2) is 0 Å². The largest absolute Gasteiger partial charge is 0.469 e. The van der Waals surface area contributed by atoms with Gasteiger partial charge in [-0.3, -0.25) is 14.4 Å². The summed E-state index contributed by atoms with van der Waals surface area (Å²) < 4.78 is 4.52. The van der Waals surface area contributed by atoms with Gasteiger partial charge in [-0.05, 0) is 12.8 Å². The molecule has 0 aromatic heterocycles. The molecule has 0 heterocycles. The van der Waals surface area contributed by atoms with E-state index in [4.69, 9.17) is 5.73 Å². The maximum Gasteiger partial charge on any atom is 0.305 e. The van der Waals surface area contributed by atoms with E-state index < -0.39 is 0 Å². The fourth-order valence-corrected chi connectivity index (χ4v) is 2.00. The van der Waals surface area contributed by atoms with Crippen LogP contribution in [0.2, 0.25) is 0 Å².